The van der Waals surface area contributed by atoms with Crippen LogP contribution in [0.3, 0.4) is 0 Å². The first-order valence-corrected chi connectivity index (χ1v) is 9.83. The second-order valence-corrected chi connectivity index (χ2v) is 6.94. The molecule has 1 atom stereocenters. The molecule has 2 aromatic carbocycles. The third-order valence-electron chi connectivity index (χ3n) is 4.05. The van der Waals surface area contributed by atoms with Gasteiger partial charge in [-0.25, -0.2) is 19.4 Å². The molecule has 0 bridgehead atoms. The summed E-state index contributed by atoms with van der Waals surface area (Å²) >= 11 is 1.45. The van der Waals surface area contributed by atoms with E-state index in [0.29, 0.717) is 17.1 Å². The van der Waals surface area contributed by atoms with E-state index in [4.69, 9.17) is 9.90 Å². The SMILES string of the molecule is O=C(Nn1c(-c2cscn2)nc2ccccc21)C(O)c1ccccc1.O=C(O)C(F)(F)F. The summed E-state index contributed by atoms with van der Waals surface area (Å²) in [7, 11) is 0. The number of fused-ring (bicyclic) bond motifs is 1. The number of benzene rings is 2. The zero-order valence-electron chi connectivity index (χ0n) is 16.0. The van der Waals surface area contributed by atoms with Crippen molar-refractivity contribution < 1.29 is 33.0 Å². The van der Waals surface area contributed by atoms with Crippen molar-refractivity contribution in [1.82, 2.24) is 14.6 Å². The number of aliphatic hydroxyl groups excluding tert-OH is 1. The first kappa shape index (κ1) is 22.9. The number of rotatable bonds is 4. The Hall–Kier alpha value is -3.77. The molecule has 0 saturated heterocycles. The molecule has 0 aliphatic carbocycles. The topological polar surface area (TPSA) is 117 Å². The minimum Gasteiger partial charge on any atom is -0.475 e. The van der Waals surface area contributed by atoms with Crippen molar-refractivity contribution in [2.45, 2.75) is 12.3 Å². The van der Waals surface area contributed by atoms with E-state index in [1.54, 1.807) is 34.5 Å². The summed E-state index contributed by atoms with van der Waals surface area (Å²) in [6.07, 6.45) is -6.36. The summed E-state index contributed by atoms with van der Waals surface area (Å²) in [6.45, 7) is 0. The summed E-state index contributed by atoms with van der Waals surface area (Å²) in [4.78, 5) is 30.3. The molecule has 0 aliphatic heterocycles. The number of carbonyl (C=O) groups is 2. The Bertz CT molecular complexity index is 1210. The van der Waals surface area contributed by atoms with E-state index in [2.05, 4.69) is 15.4 Å². The molecule has 0 radical (unpaired) electrons. The largest absolute Gasteiger partial charge is 0.490 e. The van der Waals surface area contributed by atoms with Crippen LogP contribution in [-0.4, -0.2) is 42.9 Å². The Morgan fingerprint density at radius 3 is 2.28 bits per heavy atom. The van der Waals surface area contributed by atoms with Crippen molar-refractivity contribution in [3.63, 3.8) is 0 Å². The number of aliphatic hydroxyl groups is 1. The summed E-state index contributed by atoms with van der Waals surface area (Å²) < 4.78 is 33.3. The van der Waals surface area contributed by atoms with Gasteiger partial charge in [0.05, 0.1) is 16.5 Å². The molecule has 2 aromatic heterocycles. The number of thiazole rings is 1. The van der Waals surface area contributed by atoms with Crippen LogP contribution in [0.15, 0.2) is 65.5 Å². The van der Waals surface area contributed by atoms with Crippen molar-refractivity contribution in [3.05, 3.63) is 71.1 Å². The van der Waals surface area contributed by atoms with Crippen LogP contribution in [0.4, 0.5) is 13.2 Å². The molecule has 0 fully saturated rings. The number of carbonyl (C=O) groups excluding carboxylic acids is 1. The van der Waals surface area contributed by atoms with Crippen LogP contribution in [0.5, 0.6) is 0 Å². The number of nitrogens with zero attached hydrogens (tertiary/aromatic N) is 3. The Morgan fingerprint density at radius 1 is 1.06 bits per heavy atom. The number of para-hydroxylation sites is 2. The summed E-state index contributed by atoms with van der Waals surface area (Å²) in [5.41, 5.74) is 7.12. The average Bonchev–Trinajstić information content (AvgIpc) is 3.42. The lowest BCUT2D eigenvalue weighted by Gasteiger charge is -2.14. The number of aliphatic carboxylic acids is 1. The van der Waals surface area contributed by atoms with Gasteiger partial charge in [0, 0.05) is 5.38 Å². The highest BCUT2D eigenvalue weighted by Crippen LogP contribution is 2.24. The Morgan fingerprint density at radius 2 is 1.69 bits per heavy atom. The first-order chi connectivity index (χ1) is 15.2. The van der Waals surface area contributed by atoms with Gasteiger partial charge in [-0.3, -0.25) is 10.2 Å². The molecule has 1 unspecified atom stereocenters. The second-order valence-electron chi connectivity index (χ2n) is 6.23. The van der Waals surface area contributed by atoms with Gasteiger partial charge in [-0.1, -0.05) is 42.5 Å². The van der Waals surface area contributed by atoms with Gasteiger partial charge in [0.1, 0.15) is 5.69 Å². The molecular weight excluding hydrogens is 449 g/mol. The molecule has 0 aliphatic rings. The van der Waals surface area contributed by atoms with Crippen LogP contribution in [0.2, 0.25) is 0 Å². The van der Waals surface area contributed by atoms with E-state index in [-0.39, 0.29) is 0 Å². The lowest BCUT2D eigenvalue weighted by molar-refractivity contribution is -0.192. The second kappa shape index (κ2) is 9.58. The van der Waals surface area contributed by atoms with E-state index < -0.39 is 24.2 Å². The number of carboxylic acid groups (broad SMARTS) is 1. The summed E-state index contributed by atoms with van der Waals surface area (Å²) in [5.74, 6) is -2.77. The van der Waals surface area contributed by atoms with Crippen LogP contribution in [0.25, 0.3) is 22.6 Å². The van der Waals surface area contributed by atoms with Crippen molar-refractivity contribution in [2.75, 3.05) is 5.43 Å². The Balaban J connectivity index is 0.000000360. The molecule has 12 heteroatoms. The fourth-order valence-corrected chi connectivity index (χ4v) is 3.12. The van der Waals surface area contributed by atoms with Gasteiger partial charge in [-0.15, -0.1) is 11.3 Å². The maximum absolute atomic E-state index is 12.5. The molecule has 4 rings (SSSR count). The van der Waals surface area contributed by atoms with E-state index in [0.717, 1.165) is 11.0 Å². The molecule has 0 spiro atoms. The van der Waals surface area contributed by atoms with Crippen molar-refractivity contribution in [2.24, 2.45) is 0 Å². The number of hydrogen-bond acceptors (Lipinski definition) is 6. The summed E-state index contributed by atoms with van der Waals surface area (Å²) in [6, 6.07) is 16.3. The summed E-state index contributed by atoms with van der Waals surface area (Å²) in [5, 5.41) is 19.3. The van der Waals surface area contributed by atoms with Crippen LogP contribution >= 0.6 is 11.3 Å². The number of aromatic nitrogens is 3. The van der Waals surface area contributed by atoms with Gasteiger partial charge in [0.25, 0.3) is 5.91 Å². The van der Waals surface area contributed by atoms with Crippen molar-refractivity contribution in [3.8, 4) is 11.5 Å². The van der Waals surface area contributed by atoms with Gasteiger partial charge < -0.3 is 10.2 Å². The molecule has 166 valence electrons. The van der Waals surface area contributed by atoms with E-state index in [9.17, 15) is 23.1 Å². The molecule has 3 N–H and O–H groups in total. The van der Waals surface area contributed by atoms with Crippen LogP contribution in [-0.2, 0) is 9.59 Å². The van der Waals surface area contributed by atoms with Crippen molar-refractivity contribution in [1.29, 1.82) is 0 Å². The molecule has 32 heavy (non-hydrogen) atoms. The molecule has 1 amide bonds. The van der Waals surface area contributed by atoms with Gasteiger partial charge in [0.2, 0.25) is 0 Å². The third kappa shape index (κ3) is 5.28. The zero-order valence-corrected chi connectivity index (χ0v) is 16.8. The van der Waals surface area contributed by atoms with Crippen LogP contribution < -0.4 is 5.43 Å². The normalized spacial score (nSPS) is 12.0. The number of imidazole rings is 1. The van der Waals surface area contributed by atoms with Gasteiger partial charge >= 0.3 is 12.1 Å². The van der Waals surface area contributed by atoms with E-state index in [1.807, 2.05) is 35.7 Å². The average molecular weight is 464 g/mol. The quantitative estimate of drug-likeness (QED) is 0.425. The predicted octanol–water partition coefficient (Wildman–Crippen LogP) is 3.60. The lowest BCUT2D eigenvalue weighted by Crippen LogP contribution is -2.28. The molecule has 2 heterocycles. The molecular formula is C20H15F3N4O4S. The number of amides is 1. The van der Waals surface area contributed by atoms with E-state index >= 15 is 0 Å². The highest BCUT2D eigenvalue weighted by atomic mass is 32.1. The highest BCUT2D eigenvalue weighted by molar-refractivity contribution is 7.07. The minimum absolute atomic E-state index is 0.524. The maximum atomic E-state index is 12.5. The standard InChI is InChI=1S/C18H14N4O2S.C2HF3O2/c23-16(12-6-2-1-3-7-12)18(24)21-22-15-9-5-4-8-13(15)20-17(22)14-10-25-11-19-14;3-2(4,5)1(6)7/h1-11,16,23H,(H,21,24);(H,6,7). The maximum Gasteiger partial charge on any atom is 0.490 e. The molecule has 0 saturated carbocycles. The number of hydrogen-bond donors (Lipinski definition) is 3. The fourth-order valence-electron chi connectivity index (χ4n) is 2.59. The van der Waals surface area contributed by atoms with Crippen molar-refractivity contribution >= 4 is 34.2 Å². The smallest absolute Gasteiger partial charge is 0.475 e. The molecule has 8 nitrogen and oxygen atoms in total. The number of carboxylic acids is 1. The fraction of sp³-hybridized carbons (Fsp3) is 0.100. The first-order valence-electron chi connectivity index (χ1n) is 8.88. The Labute approximate surface area is 182 Å². The van der Waals surface area contributed by atoms with Crippen LogP contribution in [0.1, 0.15) is 11.7 Å². The third-order valence-corrected chi connectivity index (χ3v) is 4.64. The zero-order chi connectivity index (χ0) is 23.3. The van der Waals surface area contributed by atoms with Crippen LogP contribution in [0, 0.1) is 0 Å². The molecule has 4 aromatic rings. The van der Waals surface area contributed by atoms with Gasteiger partial charge in [0.15, 0.2) is 11.9 Å². The Kier molecular flexibility index (Phi) is 6.85. The van der Waals surface area contributed by atoms with E-state index in [1.165, 1.54) is 11.3 Å². The predicted molar refractivity (Wildman–Crippen MR) is 110 cm³/mol. The number of nitrogens with one attached hydrogen (secondary N) is 1. The highest BCUT2D eigenvalue weighted by Gasteiger charge is 2.38. The number of halogens is 3. The van der Waals surface area contributed by atoms with Gasteiger partial charge in [-0.2, -0.15) is 13.2 Å². The number of alkyl halides is 3. The van der Waals surface area contributed by atoms with Gasteiger partial charge in [-0.05, 0) is 17.7 Å². The lowest BCUT2D eigenvalue weighted by atomic mass is 10.1. The minimum atomic E-state index is -5.08. The monoisotopic (exact) mass is 464 g/mol.